The van der Waals surface area contributed by atoms with E-state index in [0.717, 1.165) is 0 Å². The summed E-state index contributed by atoms with van der Waals surface area (Å²) in [6.07, 6.45) is 1.77. The minimum absolute atomic E-state index is 0.307. The van der Waals surface area contributed by atoms with E-state index in [9.17, 15) is 0 Å². The van der Waals surface area contributed by atoms with Crippen molar-refractivity contribution in [1.29, 1.82) is 0 Å². The van der Waals surface area contributed by atoms with Gasteiger partial charge in [-0.2, -0.15) is 0 Å². The van der Waals surface area contributed by atoms with E-state index in [0.29, 0.717) is 28.1 Å². The molecular weight excluding hydrogens is 228 g/mol. The molecule has 3 aromatic rings. The van der Waals surface area contributed by atoms with E-state index in [-0.39, 0.29) is 0 Å². The van der Waals surface area contributed by atoms with Crippen molar-refractivity contribution in [3.05, 3.63) is 35.7 Å². The highest BCUT2D eigenvalue weighted by molar-refractivity contribution is 6.28. The predicted molar refractivity (Wildman–Crippen MR) is 60.1 cm³/mol. The van der Waals surface area contributed by atoms with Crippen molar-refractivity contribution in [3.63, 3.8) is 0 Å². The van der Waals surface area contributed by atoms with E-state index in [1.807, 2.05) is 0 Å². The van der Waals surface area contributed by atoms with Crippen molar-refractivity contribution >= 4 is 22.9 Å². The van der Waals surface area contributed by atoms with Crippen LogP contribution in [0.3, 0.4) is 0 Å². The molecule has 0 unspecified atom stereocenters. The molecule has 2 N–H and O–H groups in total. The molecule has 0 saturated heterocycles. The average molecular weight is 235 g/mol. The van der Waals surface area contributed by atoms with Gasteiger partial charge in [0.15, 0.2) is 16.6 Å². The van der Waals surface area contributed by atoms with Gasteiger partial charge in [-0.15, -0.1) is 5.10 Å². The number of anilines is 1. The van der Waals surface area contributed by atoms with Gasteiger partial charge in [0, 0.05) is 6.20 Å². The number of pyridine rings is 1. The lowest BCUT2D eigenvalue weighted by atomic mass is 10.4. The zero-order valence-corrected chi connectivity index (χ0v) is 8.85. The average Bonchev–Trinajstić information content (AvgIpc) is 2.84. The fourth-order valence-corrected chi connectivity index (χ4v) is 1.61. The molecule has 0 atom stereocenters. The van der Waals surface area contributed by atoms with E-state index in [1.165, 1.54) is 0 Å². The Morgan fingerprint density at radius 3 is 2.88 bits per heavy atom. The van der Waals surface area contributed by atoms with Crippen molar-refractivity contribution < 1.29 is 4.42 Å². The summed E-state index contributed by atoms with van der Waals surface area (Å²) in [7, 11) is 0. The molecule has 3 rings (SSSR count). The molecule has 0 radical (unpaired) electrons. The third kappa shape index (κ3) is 1.33. The predicted octanol–water partition coefficient (Wildman–Crippen LogP) is 2.22. The molecule has 3 aromatic heterocycles. The Hall–Kier alpha value is -2.01. The molecular formula is C10H7ClN4O. The monoisotopic (exact) mass is 234 g/mol. The Balaban J connectivity index is 2.22. The Bertz CT molecular complexity index is 658. The van der Waals surface area contributed by atoms with Crippen LogP contribution < -0.4 is 5.73 Å². The minimum Gasteiger partial charge on any atom is -0.441 e. The number of fused-ring (bicyclic) bond motifs is 1. The number of hydrogen-bond donors (Lipinski definition) is 1. The van der Waals surface area contributed by atoms with Crippen LogP contribution in [0.2, 0.25) is 5.22 Å². The van der Waals surface area contributed by atoms with Gasteiger partial charge in [0.25, 0.3) is 0 Å². The van der Waals surface area contributed by atoms with Gasteiger partial charge in [0.1, 0.15) is 0 Å². The van der Waals surface area contributed by atoms with E-state index in [2.05, 4.69) is 10.1 Å². The maximum absolute atomic E-state index is 5.77. The Morgan fingerprint density at radius 2 is 2.19 bits per heavy atom. The van der Waals surface area contributed by atoms with Crippen molar-refractivity contribution in [2.45, 2.75) is 0 Å². The van der Waals surface area contributed by atoms with E-state index in [1.54, 1.807) is 35.0 Å². The van der Waals surface area contributed by atoms with E-state index in [4.69, 9.17) is 21.8 Å². The van der Waals surface area contributed by atoms with Crippen molar-refractivity contribution in [1.82, 2.24) is 14.6 Å². The number of nitrogen functional groups attached to an aromatic ring is 1. The number of rotatable bonds is 1. The summed E-state index contributed by atoms with van der Waals surface area (Å²) in [5.74, 6) is 0.984. The molecule has 0 saturated carbocycles. The highest BCUT2D eigenvalue weighted by Gasteiger charge is 2.11. The molecule has 16 heavy (non-hydrogen) atoms. The summed E-state index contributed by atoms with van der Waals surface area (Å²) >= 11 is 5.69. The molecule has 0 aromatic carbocycles. The Kier molecular flexibility index (Phi) is 1.87. The zero-order valence-electron chi connectivity index (χ0n) is 8.09. The Morgan fingerprint density at radius 1 is 1.31 bits per heavy atom. The van der Waals surface area contributed by atoms with Crippen LogP contribution in [-0.4, -0.2) is 14.6 Å². The quantitative estimate of drug-likeness (QED) is 0.701. The first-order chi connectivity index (χ1) is 7.74. The van der Waals surface area contributed by atoms with Crippen LogP contribution in [0.25, 0.3) is 17.2 Å². The summed E-state index contributed by atoms with van der Waals surface area (Å²) in [4.78, 5) is 4.27. The summed E-state index contributed by atoms with van der Waals surface area (Å²) in [6.45, 7) is 0. The first-order valence-electron chi connectivity index (χ1n) is 4.60. The van der Waals surface area contributed by atoms with Gasteiger partial charge in [-0.25, -0.2) is 9.50 Å². The van der Waals surface area contributed by atoms with Crippen LogP contribution in [0.1, 0.15) is 0 Å². The van der Waals surface area contributed by atoms with Gasteiger partial charge in [-0.05, 0) is 35.9 Å². The van der Waals surface area contributed by atoms with Crippen molar-refractivity contribution in [2.24, 2.45) is 0 Å². The highest BCUT2D eigenvalue weighted by atomic mass is 35.5. The van der Waals surface area contributed by atoms with Gasteiger partial charge in [-0.1, -0.05) is 0 Å². The number of halogens is 1. The number of nitrogens with two attached hydrogens (primary N) is 1. The number of aromatic nitrogens is 3. The summed E-state index contributed by atoms with van der Waals surface area (Å²) in [6, 6.07) is 6.93. The standard InChI is InChI=1S/C10H7ClN4O/c11-8-4-3-7(16-8)9-13-10-6(12)2-1-5-15(10)14-9/h1-5H,12H2. The van der Waals surface area contributed by atoms with Gasteiger partial charge in [0.2, 0.25) is 5.82 Å². The fraction of sp³-hybridized carbons (Fsp3) is 0. The first kappa shape index (κ1) is 9.23. The molecule has 5 nitrogen and oxygen atoms in total. The lowest BCUT2D eigenvalue weighted by molar-refractivity contribution is 0.579. The molecule has 0 aliphatic carbocycles. The maximum Gasteiger partial charge on any atom is 0.218 e. The molecule has 0 fully saturated rings. The highest BCUT2D eigenvalue weighted by Crippen LogP contribution is 2.23. The lowest BCUT2D eigenvalue weighted by Gasteiger charge is -1.92. The number of hydrogen-bond acceptors (Lipinski definition) is 4. The molecule has 0 aliphatic heterocycles. The SMILES string of the molecule is Nc1cccn2nc(-c3ccc(Cl)o3)nc12. The smallest absolute Gasteiger partial charge is 0.218 e. The van der Waals surface area contributed by atoms with Gasteiger partial charge in [0.05, 0.1) is 5.69 Å². The zero-order chi connectivity index (χ0) is 11.1. The molecule has 80 valence electrons. The second kappa shape index (κ2) is 3.24. The molecule has 0 aliphatic rings. The topological polar surface area (TPSA) is 69.3 Å². The van der Waals surface area contributed by atoms with Crippen molar-refractivity contribution in [2.75, 3.05) is 5.73 Å². The van der Waals surface area contributed by atoms with Crippen molar-refractivity contribution in [3.8, 4) is 11.6 Å². The molecule has 0 amide bonds. The summed E-state index contributed by atoms with van der Waals surface area (Å²) < 4.78 is 6.82. The van der Waals surface area contributed by atoms with Crippen LogP contribution >= 0.6 is 11.6 Å². The van der Waals surface area contributed by atoms with E-state index >= 15 is 0 Å². The molecule has 3 heterocycles. The lowest BCUT2D eigenvalue weighted by Crippen LogP contribution is -1.92. The first-order valence-corrected chi connectivity index (χ1v) is 4.98. The van der Waals surface area contributed by atoms with Gasteiger partial charge >= 0.3 is 0 Å². The van der Waals surface area contributed by atoms with Crippen LogP contribution in [-0.2, 0) is 0 Å². The van der Waals surface area contributed by atoms with E-state index < -0.39 is 0 Å². The van der Waals surface area contributed by atoms with Gasteiger partial charge in [-0.3, -0.25) is 0 Å². The molecule has 0 bridgehead atoms. The van der Waals surface area contributed by atoms with Crippen LogP contribution in [0.5, 0.6) is 0 Å². The summed E-state index contributed by atoms with van der Waals surface area (Å²) in [5.41, 5.74) is 6.94. The number of nitrogens with zero attached hydrogens (tertiary/aromatic N) is 3. The Labute approximate surface area is 95.5 Å². The second-order valence-electron chi connectivity index (χ2n) is 3.27. The maximum atomic E-state index is 5.77. The largest absolute Gasteiger partial charge is 0.441 e. The second-order valence-corrected chi connectivity index (χ2v) is 3.64. The van der Waals surface area contributed by atoms with Crippen LogP contribution in [0.4, 0.5) is 5.69 Å². The van der Waals surface area contributed by atoms with Crippen LogP contribution in [0.15, 0.2) is 34.9 Å². The summed E-state index contributed by atoms with van der Waals surface area (Å²) in [5, 5.41) is 4.54. The number of furan rings is 1. The third-order valence-electron chi connectivity index (χ3n) is 2.19. The molecule has 0 spiro atoms. The molecule has 6 heteroatoms. The van der Waals surface area contributed by atoms with Gasteiger partial charge < -0.3 is 10.2 Å². The fourth-order valence-electron chi connectivity index (χ4n) is 1.47. The van der Waals surface area contributed by atoms with Crippen LogP contribution in [0, 0.1) is 0 Å². The third-order valence-corrected chi connectivity index (χ3v) is 2.39. The minimum atomic E-state index is 0.307. The normalized spacial score (nSPS) is 11.1.